The Morgan fingerprint density at radius 1 is 0.951 bits per heavy atom. The minimum absolute atomic E-state index is 0.162. The van der Waals surface area contributed by atoms with Gasteiger partial charge in [-0.3, -0.25) is 0 Å². The predicted molar refractivity (Wildman–Crippen MR) is 153 cm³/mol. The van der Waals surface area contributed by atoms with Gasteiger partial charge >= 0.3 is 12.1 Å². The number of benzene rings is 3. The third-order valence-corrected chi connectivity index (χ3v) is 7.31. The average Bonchev–Trinajstić information content (AvgIpc) is 3.59. The Hall–Kier alpha value is -4.31. The molecule has 0 amide bonds. The molecule has 0 fully saturated rings. The van der Waals surface area contributed by atoms with E-state index in [1.807, 2.05) is 62.4 Å². The van der Waals surface area contributed by atoms with Gasteiger partial charge in [0.2, 0.25) is 0 Å². The van der Waals surface area contributed by atoms with Crippen molar-refractivity contribution in [3.8, 4) is 22.1 Å². The largest absolute Gasteiger partial charge is 0.488 e. The number of nitrogens with zero attached hydrogens (tertiary/aromatic N) is 2. The van der Waals surface area contributed by atoms with Crippen molar-refractivity contribution in [1.82, 2.24) is 9.55 Å². The molecule has 0 spiro atoms. The summed E-state index contributed by atoms with van der Waals surface area (Å²) in [5, 5.41) is 10.7. The smallest absolute Gasteiger partial charge is 0.416 e. The van der Waals surface area contributed by atoms with Crippen LogP contribution in [0.4, 0.5) is 13.2 Å². The molecule has 1 N–H and O–H groups in total. The van der Waals surface area contributed by atoms with Gasteiger partial charge in [0, 0.05) is 22.7 Å². The highest BCUT2D eigenvalue weighted by Gasteiger charge is 2.30. The van der Waals surface area contributed by atoms with Crippen molar-refractivity contribution in [1.29, 1.82) is 0 Å². The van der Waals surface area contributed by atoms with Gasteiger partial charge in [-0.1, -0.05) is 44.2 Å². The van der Waals surface area contributed by atoms with E-state index in [0.29, 0.717) is 27.8 Å². The monoisotopic (exact) mass is 582 g/mol. The molecule has 0 bridgehead atoms. The predicted octanol–water partition coefficient (Wildman–Crippen LogP) is 8.61. The van der Waals surface area contributed by atoms with Gasteiger partial charge in [0.1, 0.15) is 35.8 Å². The number of halogens is 3. The van der Waals surface area contributed by atoms with E-state index in [9.17, 15) is 23.1 Å². The van der Waals surface area contributed by atoms with Crippen LogP contribution in [0.25, 0.3) is 21.5 Å². The number of fused-ring (bicyclic) bond motifs is 1. The molecular formula is C31H29F3N2O4S. The number of rotatable bonds is 9. The third kappa shape index (κ3) is 7.07. The van der Waals surface area contributed by atoms with E-state index >= 15 is 0 Å². The van der Waals surface area contributed by atoms with Crippen LogP contribution in [0, 0.1) is 0 Å². The summed E-state index contributed by atoms with van der Waals surface area (Å²) in [5.74, 6) is 0.328. The number of ether oxygens (including phenoxy) is 2. The summed E-state index contributed by atoms with van der Waals surface area (Å²) in [7, 11) is 0. The van der Waals surface area contributed by atoms with Crippen molar-refractivity contribution in [2.75, 3.05) is 0 Å². The highest BCUT2D eigenvalue weighted by molar-refractivity contribution is 7.15. The van der Waals surface area contributed by atoms with Gasteiger partial charge < -0.3 is 19.1 Å². The van der Waals surface area contributed by atoms with Crippen molar-refractivity contribution in [3.05, 3.63) is 101 Å². The molecule has 6 nitrogen and oxygen atoms in total. The lowest BCUT2D eigenvalue weighted by molar-refractivity contribution is -0.140. The average molecular weight is 583 g/mol. The number of thiazole rings is 1. The molecule has 2 aromatic heterocycles. The Bertz CT molecular complexity index is 1600. The van der Waals surface area contributed by atoms with Crippen molar-refractivity contribution in [2.45, 2.75) is 46.2 Å². The van der Waals surface area contributed by atoms with Gasteiger partial charge in [-0.25, -0.2) is 9.78 Å². The topological polar surface area (TPSA) is 73.6 Å². The molecule has 10 heteroatoms. The van der Waals surface area contributed by atoms with E-state index in [0.717, 1.165) is 27.9 Å². The Morgan fingerprint density at radius 3 is 2.29 bits per heavy atom. The maximum atomic E-state index is 13.0. The van der Waals surface area contributed by atoms with Crippen molar-refractivity contribution in [2.24, 2.45) is 0 Å². The molecule has 3 aromatic carbocycles. The van der Waals surface area contributed by atoms with Gasteiger partial charge in [-0.05, 0) is 55.5 Å². The minimum atomic E-state index is -4.41. The number of para-hydroxylation sites is 1. The number of carbonyl (C=O) groups is 1. The molecule has 214 valence electrons. The molecule has 0 saturated carbocycles. The molecule has 0 saturated heterocycles. The molecule has 0 aliphatic carbocycles. The summed E-state index contributed by atoms with van der Waals surface area (Å²) in [5.41, 5.74) is 1.24. The fraction of sp³-hybridized carbons (Fsp3) is 0.226. The molecule has 0 aliphatic rings. The molecule has 41 heavy (non-hydrogen) atoms. The quantitative estimate of drug-likeness (QED) is 0.188. The highest BCUT2D eigenvalue weighted by Crippen LogP contribution is 2.34. The lowest BCUT2D eigenvalue weighted by atomic mass is 10.1. The van der Waals surface area contributed by atoms with Crippen molar-refractivity contribution in [3.63, 3.8) is 0 Å². The summed E-state index contributed by atoms with van der Waals surface area (Å²) >= 11 is 1.33. The maximum Gasteiger partial charge on any atom is 0.416 e. The van der Waals surface area contributed by atoms with Crippen LogP contribution in [0.1, 0.15) is 42.9 Å². The maximum absolute atomic E-state index is 13.0. The van der Waals surface area contributed by atoms with Crippen LogP contribution in [0.15, 0.2) is 85.1 Å². The van der Waals surface area contributed by atoms with E-state index in [2.05, 4.69) is 4.98 Å². The fourth-order valence-electron chi connectivity index (χ4n) is 4.04. The number of hydrogen-bond acceptors (Lipinski definition) is 5. The van der Waals surface area contributed by atoms with Crippen LogP contribution in [-0.2, 0) is 24.2 Å². The van der Waals surface area contributed by atoms with E-state index in [1.54, 1.807) is 23.8 Å². The summed E-state index contributed by atoms with van der Waals surface area (Å²) in [4.78, 5) is 16.8. The second-order valence-corrected chi connectivity index (χ2v) is 9.90. The number of alkyl halides is 3. The van der Waals surface area contributed by atoms with Crippen molar-refractivity contribution >= 4 is 28.2 Å². The molecule has 5 aromatic rings. The molecule has 5 rings (SSSR count). The number of aliphatic carboxylic acids is 1. The lowest BCUT2D eigenvalue weighted by Crippen LogP contribution is -2.14. The highest BCUT2D eigenvalue weighted by atomic mass is 32.1. The Kier molecular flexibility index (Phi) is 9.34. The van der Waals surface area contributed by atoms with Crippen LogP contribution < -0.4 is 9.47 Å². The van der Waals surface area contributed by atoms with Crippen molar-refractivity contribution < 1.29 is 32.5 Å². The first-order valence-corrected chi connectivity index (χ1v) is 13.8. The zero-order valence-corrected chi connectivity index (χ0v) is 23.5. The number of carboxylic acids is 1. The third-order valence-electron chi connectivity index (χ3n) is 6.19. The van der Waals surface area contributed by atoms with Crippen LogP contribution >= 0.6 is 11.3 Å². The summed E-state index contributed by atoms with van der Waals surface area (Å²) in [6, 6.07) is 20.7. The first-order valence-electron chi connectivity index (χ1n) is 13.0. The first kappa shape index (κ1) is 29.7. The zero-order valence-electron chi connectivity index (χ0n) is 22.7. The SMILES string of the molecule is CC.CC(C(=O)O)n1ccc2cc(OCc3sc(-c4ccc(C(F)(F)F)cc4)nc3COc3ccccc3)ccc21. The first-order chi connectivity index (χ1) is 19.7. The van der Waals surface area contributed by atoms with E-state index in [-0.39, 0.29) is 13.2 Å². The van der Waals surface area contributed by atoms with Crippen LogP contribution in [0.5, 0.6) is 11.5 Å². The van der Waals surface area contributed by atoms with Gasteiger partial charge in [-0.15, -0.1) is 11.3 Å². The van der Waals surface area contributed by atoms with Crippen LogP contribution in [0.3, 0.4) is 0 Å². The standard InChI is InChI=1S/C29H23F3N2O4S.C2H6/c1-18(28(35)36)34-14-13-20-15-23(11-12-25(20)34)38-17-26-24(16-37-22-5-3-2-4-6-22)33-27(39-26)19-7-9-21(10-8-19)29(30,31)32;1-2/h2-15,18H,16-17H2,1H3,(H,35,36);1-2H3. The normalized spacial score (nSPS) is 12.0. The molecule has 2 heterocycles. The summed E-state index contributed by atoms with van der Waals surface area (Å²) < 4.78 is 52.7. The van der Waals surface area contributed by atoms with Crippen LogP contribution in [-0.4, -0.2) is 20.6 Å². The fourth-order valence-corrected chi connectivity index (χ4v) is 5.02. The van der Waals surface area contributed by atoms with Crippen LogP contribution in [0.2, 0.25) is 0 Å². The minimum Gasteiger partial charge on any atom is -0.488 e. The van der Waals surface area contributed by atoms with Gasteiger partial charge in [0.05, 0.1) is 16.1 Å². The molecule has 0 aliphatic heterocycles. The number of hydrogen-bond donors (Lipinski definition) is 1. The van der Waals surface area contributed by atoms with Gasteiger partial charge in [0.15, 0.2) is 0 Å². The molecule has 0 radical (unpaired) electrons. The van der Waals surface area contributed by atoms with E-state index in [1.165, 1.54) is 23.5 Å². The Morgan fingerprint density at radius 2 is 1.63 bits per heavy atom. The van der Waals surface area contributed by atoms with Gasteiger partial charge in [0.25, 0.3) is 0 Å². The van der Waals surface area contributed by atoms with E-state index in [4.69, 9.17) is 9.47 Å². The molecule has 1 unspecified atom stereocenters. The number of carboxylic acid groups (broad SMARTS) is 1. The summed E-state index contributed by atoms with van der Waals surface area (Å²) in [6.07, 6.45) is -2.69. The Balaban J connectivity index is 0.00000189. The van der Waals surface area contributed by atoms with Gasteiger partial charge in [-0.2, -0.15) is 13.2 Å². The molecular weight excluding hydrogens is 553 g/mol. The lowest BCUT2D eigenvalue weighted by Gasteiger charge is -2.11. The second-order valence-electron chi connectivity index (χ2n) is 8.81. The summed E-state index contributed by atoms with van der Waals surface area (Å²) in [6.45, 7) is 5.95. The molecule has 1 atom stereocenters. The zero-order chi connectivity index (χ0) is 29.6. The number of aromatic nitrogens is 2. The second kappa shape index (κ2) is 12.9. The Labute approximate surface area is 239 Å². The van der Waals surface area contributed by atoms with E-state index < -0.39 is 23.8 Å².